The molecule has 148 valence electrons. The number of carbonyl (C=O) groups excluding carboxylic acids is 2. The fourth-order valence-electron chi connectivity index (χ4n) is 2.93. The van der Waals surface area contributed by atoms with Crippen molar-refractivity contribution in [3.05, 3.63) is 59.4 Å². The Kier molecular flexibility index (Phi) is 6.13. The summed E-state index contributed by atoms with van der Waals surface area (Å²) in [6.07, 6.45) is 0. The van der Waals surface area contributed by atoms with Crippen LogP contribution < -0.4 is 14.8 Å². The number of hydrogen-bond acceptors (Lipinski definition) is 5. The van der Waals surface area contributed by atoms with Crippen molar-refractivity contribution in [2.45, 2.75) is 19.9 Å². The third-order valence-electron chi connectivity index (χ3n) is 4.30. The maximum Gasteiger partial charge on any atom is 0.338 e. The van der Waals surface area contributed by atoms with Crippen LogP contribution in [0.3, 0.4) is 0 Å². The van der Waals surface area contributed by atoms with Gasteiger partial charge < -0.3 is 19.5 Å². The van der Waals surface area contributed by atoms with Crippen LogP contribution in [0.15, 0.2) is 42.5 Å². The van der Waals surface area contributed by atoms with E-state index in [0.29, 0.717) is 24.7 Å². The molecule has 2 aromatic carbocycles. The molecule has 2 aromatic rings. The molecule has 0 spiro atoms. The molecule has 0 saturated heterocycles. The van der Waals surface area contributed by atoms with Crippen molar-refractivity contribution in [1.82, 2.24) is 5.32 Å². The highest BCUT2D eigenvalue weighted by atomic mass is 19.1. The van der Waals surface area contributed by atoms with Gasteiger partial charge in [-0.2, -0.15) is 0 Å². The van der Waals surface area contributed by atoms with Crippen molar-refractivity contribution in [3.8, 4) is 11.5 Å². The second-order valence-electron chi connectivity index (χ2n) is 6.78. The molecule has 1 aliphatic heterocycles. The molecule has 1 N–H and O–H groups in total. The molecule has 0 fully saturated rings. The Balaban J connectivity index is 1.62. The zero-order valence-electron chi connectivity index (χ0n) is 15.7. The van der Waals surface area contributed by atoms with E-state index in [1.54, 1.807) is 0 Å². The van der Waals surface area contributed by atoms with Gasteiger partial charge in [-0.1, -0.05) is 26.0 Å². The maximum atomic E-state index is 13.2. The molecule has 1 amide bonds. The number of ether oxygens (including phenoxy) is 3. The Morgan fingerprint density at radius 3 is 2.57 bits per heavy atom. The van der Waals surface area contributed by atoms with E-state index in [1.165, 1.54) is 18.2 Å². The Hall–Kier alpha value is -3.09. The summed E-state index contributed by atoms with van der Waals surface area (Å²) in [5, 5.41) is 2.87. The van der Waals surface area contributed by atoms with E-state index < -0.39 is 24.3 Å². The van der Waals surface area contributed by atoms with Crippen molar-refractivity contribution in [2.75, 3.05) is 19.8 Å². The van der Waals surface area contributed by atoms with E-state index in [2.05, 4.69) is 5.32 Å². The van der Waals surface area contributed by atoms with Gasteiger partial charge >= 0.3 is 5.97 Å². The summed E-state index contributed by atoms with van der Waals surface area (Å²) in [5.74, 6) is -0.342. The fraction of sp³-hybridized carbons (Fsp3) is 0.333. The van der Waals surface area contributed by atoms with E-state index in [1.807, 2.05) is 32.0 Å². The Morgan fingerprint density at radius 2 is 1.86 bits per heavy atom. The standard InChI is InChI=1S/C21H22FNO5/c1-13(2)20(14-6-7-17-18(11-14)27-9-8-26-17)23-19(24)12-28-21(25)15-4-3-5-16(22)10-15/h3-7,10-11,13,20H,8-9,12H2,1-2H3,(H,23,24). The number of hydrogen-bond donors (Lipinski definition) is 1. The molecule has 0 saturated carbocycles. The lowest BCUT2D eigenvalue weighted by molar-refractivity contribution is -0.125. The first-order chi connectivity index (χ1) is 13.4. The number of carbonyl (C=O) groups is 2. The third-order valence-corrected chi connectivity index (χ3v) is 4.30. The third kappa shape index (κ3) is 4.79. The Bertz CT molecular complexity index is 868. The largest absolute Gasteiger partial charge is 0.486 e. The number of rotatable bonds is 6. The number of fused-ring (bicyclic) bond motifs is 1. The van der Waals surface area contributed by atoms with Crippen LogP contribution in [0.5, 0.6) is 11.5 Å². The predicted molar refractivity (Wildman–Crippen MR) is 99.8 cm³/mol. The molecule has 7 heteroatoms. The van der Waals surface area contributed by atoms with Gasteiger partial charge in [-0.25, -0.2) is 9.18 Å². The minimum Gasteiger partial charge on any atom is -0.486 e. The molecular formula is C21H22FNO5. The van der Waals surface area contributed by atoms with Crippen molar-refractivity contribution in [3.63, 3.8) is 0 Å². The average molecular weight is 387 g/mol. The van der Waals surface area contributed by atoms with Crippen LogP contribution in [-0.2, 0) is 9.53 Å². The average Bonchev–Trinajstić information content (AvgIpc) is 2.69. The highest BCUT2D eigenvalue weighted by Gasteiger charge is 2.22. The van der Waals surface area contributed by atoms with Gasteiger partial charge in [0, 0.05) is 0 Å². The molecular weight excluding hydrogens is 365 g/mol. The quantitative estimate of drug-likeness (QED) is 0.770. The second kappa shape index (κ2) is 8.73. The predicted octanol–water partition coefficient (Wildman–Crippen LogP) is 3.27. The van der Waals surface area contributed by atoms with Crippen molar-refractivity contribution in [2.24, 2.45) is 5.92 Å². The van der Waals surface area contributed by atoms with Crippen LogP contribution >= 0.6 is 0 Å². The van der Waals surface area contributed by atoms with Crippen LogP contribution in [0.4, 0.5) is 4.39 Å². The first kappa shape index (κ1) is 19.7. The number of halogens is 1. The van der Waals surface area contributed by atoms with E-state index in [0.717, 1.165) is 11.6 Å². The van der Waals surface area contributed by atoms with Gasteiger partial charge in [-0.15, -0.1) is 0 Å². The van der Waals surface area contributed by atoms with Crippen LogP contribution in [0.2, 0.25) is 0 Å². The van der Waals surface area contributed by atoms with Gasteiger partial charge in [0.2, 0.25) is 0 Å². The molecule has 0 aliphatic carbocycles. The van der Waals surface area contributed by atoms with Gasteiger partial charge in [-0.3, -0.25) is 4.79 Å². The normalized spacial score (nSPS) is 13.7. The Morgan fingerprint density at radius 1 is 1.11 bits per heavy atom. The lowest BCUT2D eigenvalue weighted by Crippen LogP contribution is -2.35. The lowest BCUT2D eigenvalue weighted by atomic mass is 9.95. The summed E-state index contributed by atoms with van der Waals surface area (Å²) in [5.41, 5.74) is 0.920. The van der Waals surface area contributed by atoms with Gasteiger partial charge in [-0.05, 0) is 41.8 Å². The molecule has 3 rings (SSSR count). The van der Waals surface area contributed by atoms with Gasteiger partial charge in [0.1, 0.15) is 19.0 Å². The van der Waals surface area contributed by atoms with E-state index in [-0.39, 0.29) is 17.5 Å². The first-order valence-electron chi connectivity index (χ1n) is 9.05. The molecule has 0 bridgehead atoms. The highest BCUT2D eigenvalue weighted by Crippen LogP contribution is 2.34. The molecule has 28 heavy (non-hydrogen) atoms. The molecule has 1 heterocycles. The van der Waals surface area contributed by atoms with Crippen LogP contribution in [0.25, 0.3) is 0 Å². The number of nitrogens with one attached hydrogen (secondary N) is 1. The molecule has 1 unspecified atom stereocenters. The van der Waals surface area contributed by atoms with Crippen molar-refractivity contribution >= 4 is 11.9 Å². The smallest absolute Gasteiger partial charge is 0.338 e. The van der Waals surface area contributed by atoms with E-state index in [4.69, 9.17) is 14.2 Å². The molecule has 0 aromatic heterocycles. The van der Waals surface area contributed by atoms with Crippen molar-refractivity contribution < 1.29 is 28.2 Å². The fourth-order valence-corrected chi connectivity index (χ4v) is 2.93. The number of esters is 1. The summed E-state index contributed by atoms with van der Waals surface area (Å²) in [7, 11) is 0. The SMILES string of the molecule is CC(C)C(NC(=O)COC(=O)c1cccc(F)c1)c1ccc2c(c1)OCCO2. The molecule has 1 aliphatic rings. The summed E-state index contributed by atoms with van der Waals surface area (Å²) >= 11 is 0. The van der Waals surface area contributed by atoms with Crippen LogP contribution in [0.1, 0.15) is 35.8 Å². The van der Waals surface area contributed by atoms with Crippen LogP contribution in [0, 0.1) is 11.7 Å². The monoisotopic (exact) mass is 387 g/mol. The summed E-state index contributed by atoms with van der Waals surface area (Å²) in [6.45, 7) is 4.47. The summed E-state index contributed by atoms with van der Waals surface area (Å²) < 4.78 is 29.3. The molecule has 1 atom stereocenters. The van der Waals surface area contributed by atoms with E-state index in [9.17, 15) is 14.0 Å². The van der Waals surface area contributed by atoms with Crippen molar-refractivity contribution in [1.29, 1.82) is 0 Å². The Labute approximate surface area is 162 Å². The molecule has 6 nitrogen and oxygen atoms in total. The topological polar surface area (TPSA) is 73.9 Å². The van der Waals surface area contributed by atoms with Crippen LogP contribution in [-0.4, -0.2) is 31.7 Å². The number of amides is 1. The zero-order valence-corrected chi connectivity index (χ0v) is 15.7. The highest BCUT2D eigenvalue weighted by molar-refractivity contribution is 5.91. The minimum atomic E-state index is -0.755. The maximum absolute atomic E-state index is 13.2. The first-order valence-corrected chi connectivity index (χ1v) is 9.05. The minimum absolute atomic E-state index is 0.0556. The van der Waals surface area contributed by atoms with Gasteiger partial charge in [0.05, 0.1) is 11.6 Å². The number of benzene rings is 2. The summed E-state index contributed by atoms with van der Waals surface area (Å²) in [4.78, 5) is 24.3. The summed E-state index contributed by atoms with van der Waals surface area (Å²) in [6, 6.07) is 10.4. The molecule has 0 radical (unpaired) electrons. The zero-order chi connectivity index (χ0) is 20.1. The van der Waals surface area contributed by atoms with Gasteiger partial charge in [0.15, 0.2) is 18.1 Å². The van der Waals surface area contributed by atoms with E-state index >= 15 is 0 Å². The van der Waals surface area contributed by atoms with Gasteiger partial charge in [0.25, 0.3) is 5.91 Å². The lowest BCUT2D eigenvalue weighted by Gasteiger charge is -2.25. The second-order valence-corrected chi connectivity index (χ2v) is 6.78.